The highest BCUT2D eigenvalue weighted by Crippen LogP contribution is 2.28. The number of ether oxygens (including phenoxy) is 1. The Hall–Kier alpha value is -1.02. The molecule has 1 aromatic carbocycles. The summed E-state index contributed by atoms with van der Waals surface area (Å²) in [6, 6.07) is 9.26. The van der Waals surface area contributed by atoms with Gasteiger partial charge in [0.05, 0.1) is 0 Å². The minimum absolute atomic E-state index is 0. The number of hydrogen-bond donors (Lipinski definition) is 2. The Morgan fingerprint density at radius 1 is 1.22 bits per heavy atom. The molecule has 0 aromatic heterocycles. The molecule has 0 radical (unpaired) electrons. The van der Waals surface area contributed by atoms with Gasteiger partial charge in [-0.1, -0.05) is 17.7 Å². The normalized spacial score (nSPS) is 19.7. The van der Waals surface area contributed by atoms with Crippen molar-refractivity contribution in [1.82, 2.24) is 10.6 Å². The van der Waals surface area contributed by atoms with Gasteiger partial charge in [-0.15, -0.1) is 24.0 Å². The van der Waals surface area contributed by atoms with E-state index in [0.717, 1.165) is 64.1 Å². The number of guanidine groups is 1. The number of halogens is 1. The first-order valence-corrected chi connectivity index (χ1v) is 10.2. The number of aliphatic imine (C=N–C) groups is 1. The van der Waals surface area contributed by atoms with Crippen LogP contribution in [0.25, 0.3) is 0 Å². The summed E-state index contributed by atoms with van der Waals surface area (Å²) in [6.07, 6.45) is 4.84. The maximum atomic E-state index is 5.69. The molecule has 1 unspecified atom stereocenters. The lowest BCUT2D eigenvalue weighted by Crippen LogP contribution is -2.44. The molecule has 1 aromatic rings. The second kappa shape index (κ2) is 11.7. The SMILES string of the molecule is CCNC(=NCCCOCC1CC1)NC1CCN(c2ccc(C)cc2)C1.I. The predicted molar refractivity (Wildman–Crippen MR) is 124 cm³/mol. The number of aryl methyl sites for hydroxylation is 1. The zero-order valence-corrected chi connectivity index (χ0v) is 19.1. The molecule has 1 saturated heterocycles. The van der Waals surface area contributed by atoms with Crippen LogP contribution in [0.5, 0.6) is 0 Å². The van der Waals surface area contributed by atoms with Gasteiger partial charge in [-0.2, -0.15) is 0 Å². The lowest BCUT2D eigenvalue weighted by Gasteiger charge is -2.20. The molecule has 0 amide bonds. The third kappa shape index (κ3) is 7.86. The standard InChI is InChI=1S/C21H34N4O.HI/c1-3-22-21(23-12-4-14-26-16-18-7-8-18)24-19-11-13-25(15-19)20-9-5-17(2)6-10-20;/h5-6,9-10,18-19H,3-4,7-8,11-16H2,1-2H3,(H2,22,23,24);1H. The largest absolute Gasteiger partial charge is 0.381 e. The molecule has 1 heterocycles. The molecular formula is C21H35IN4O. The second-order valence-corrected chi connectivity index (χ2v) is 7.54. The molecule has 3 rings (SSSR count). The maximum absolute atomic E-state index is 5.69. The van der Waals surface area contributed by atoms with Gasteiger partial charge < -0.3 is 20.3 Å². The molecule has 0 spiro atoms. The third-order valence-electron chi connectivity index (χ3n) is 5.04. The van der Waals surface area contributed by atoms with Crippen LogP contribution in [0, 0.1) is 12.8 Å². The van der Waals surface area contributed by atoms with E-state index in [4.69, 9.17) is 9.73 Å². The van der Waals surface area contributed by atoms with Gasteiger partial charge in [0.1, 0.15) is 0 Å². The number of benzene rings is 1. The average Bonchev–Trinajstić information content (AvgIpc) is 3.35. The van der Waals surface area contributed by atoms with Crippen LogP contribution in [0.3, 0.4) is 0 Å². The van der Waals surface area contributed by atoms with E-state index in [0.29, 0.717) is 6.04 Å². The highest BCUT2D eigenvalue weighted by atomic mass is 127. The van der Waals surface area contributed by atoms with E-state index in [1.807, 2.05) is 0 Å². The van der Waals surface area contributed by atoms with Crippen molar-refractivity contribution in [3.05, 3.63) is 29.8 Å². The summed E-state index contributed by atoms with van der Waals surface area (Å²) in [4.78, 5) is 7.17. The Morgan fingerprint density at radius 2 is 2.00 bits per heavy atom. The van der Waals surface area contributed by atoms with Crippen LogP contribution in [0.4, 0.5) is 5.69 Å². The molecule has 1 aliphatic heterocycles. The van der Waals surface area contributed by atoms with Crippen molar-refractivity contribution in [3.8, 4) is 0 Å². The van der Waals surface area contributed by atoms with Crippen molar-refractivity contribution in [2.45, 2.75) is 45.6 Å². The third-order valence-corrected chi connectivity index (χ3v) is 5.04. The molecule has 6 heteroatoms. The van der Waals surface area contributed by atoms with Crippen molar-refractivity contribution in [3.63, 3.8) is 0 Å². The van der Waals surface area contributed by atoms with E-state index in [2.05, 4.69) is 53.6 Å². The minimum atomic E-state index is 0. The quantitative estimate of drug-likeness (QED) is 0.243. The van der Waals surface area contributed by atoms with Crippen LogP contribution in [-0.4, -0.2) is 51.4 Å². The average molecular weight is 486 g/mol. The molecule has 1 saturated carbocycles. The summed E-state index contributed by atoms with van der Waals surface area (Å²) in [5.41, 5.74) is 2.62. The summed E-state index contributed by atoms with van der Waals surface area (Å²) in [7, 11) is 0. The molecule has 2 aliphatic rings. The van der Waals surface area contributed by atoms with Crippen LogP contribution in [0.1, 0.15) is 38.2 Å². The van der Waals surface area contributed by atoms with Crippen LogP contribution < -0.4 is 15.5 Å². The number of nitrogens with one attached hydrogen (secondary N) is 2. The second-order valence-electron chi connectivity index (χ2n) is 7.54. The molecule has 1 aliphatic carbocycles. The van der Waals surface area contributed by atoms with Crippen molar-refractivity contribution in [2.75, 3.05) is 44.3 Å². The summed E-state index contributed by atoms with van der Waals surface area (Å²) >= 11 is 0. The van der Waals surface area contributed by atoms with Crippen molar-refractivity contribution < 1.29 is 4.74 Å². The van der Waals surface area contributed by atoms with Crippen LogP contribution in [0.2, 0.25) is 0 Å². The fraction of sp³-hybridized carbons (Fsp3) is 0.667. The van der Waals surface area contributed by atoms with Gasteiger partial charge in [-0.3, -0.25) is 4.99 Å². The first kappa shape index (κ1) is 22.3. The number of nitrogens with zero attached hydrogens (tertiary/aromatic N) is 2. The van der Waals surface area contributed by atoms with E-state index in [1.165, 1.54) is 24.1 Å². The highest BCUT2D eigenvalue weighted by Gasteiger charge is 2.23. The monoisotopic (exact) mass is 486 g/mol. The number of hydrogen-bond acceptors (Lipinski definition) is 3. The lowest BCUT2D eigenvalue weighted by molar-refractivity contribution is 0.123. The summed E-state index contributed by atoms with van der Waals surface area (Å²) in [6.45, 7) is 9.83. The Labute approximate surface area is 181 Å². The fourth-order valence-electron chi connectivity index (χ4n) is 3.27. The van der Waals surface area contributed by atoms with Crippen molar-refractivity contribution >= 4 is 35.6 Å². The number of anilines is 1. The Morgan fingerprint density at radius 3 is 2.70 bits per heavy atom. The minimum Gasteiger partial charge on any atom is -0.381 e. The molecule has 1 atom stereocenters. The Balaban J connectivity index is 0.00000261. The summed E-state index contributed by atoms with van der Waals surface area (Å²) in [5.74, 6) is 1.78. The molecule has 0 bridgehead atoms. The van der Waals surface area contributed by atoms with Crippen molar-refractivity contribution in [2.24, 2.45) is 10.9 Å². The zero-order valence-electron chi connectivity index (χ0n) is 16.7. The zero-order chi connectivity index (χ0) is 18.2. The van der Waals surface area contributed by atoms with Gasteiger partial charge in [0.15, 0.2) is 5.96 Å². The van der Waals surface area contributed by atoms with Gasteiger partial charge in [0.2, 0.25) is 0 Å². The van der Waals surface area contributed by atoms with Gasteiger partial charge in [-0.25, -0.2) is 0 Å². The van der Waals surface area contributed by atoms with Gasteiger partial charge >= 0.3 is 0 Å². The van der Waals surface area contributed by atoms with Gasteiger partial charge in [-0.05, 0) is 57.6 Å². The molecule has 5 nitrogen and oxygen atoms in total. The predicted octanol–water partition coefficient (Wildman–Crippen LogP) is 3.56. The van der Waals surface area contributed by atoms with Crippen LogP contribution >= 0.6 is 24.0 Å². The highest BCUT2D eigenvalue weighted by molar-refractivity contribution is 14.0. The summed E-state index contributed by atoms with van der Waals surface area (Å²) < 4.78 is 5.69. The molecule has 2 N–H and O–H groups in total. The van der Waals surface area contributed by atoms with Crippen LogP contribution in [0.15, 0.2) is 29.3 Å². The summed E-state index contributed by atoms with van der Waals surface area (Å²) in [5, 5.41) is 6.97. The molecule has 27 heavy (non-hydrogen) atoms. The smallest absolute Gasteiger partial charge is 0.191 e. The first-order valence-electron chi connectivity index (χ1n) is 10.2. The molecular weight excluding hydrogens is 451 g/mol. The fourth-order valence-corrected chi connectivity index (χ4v) is 3.27. The van der Waals surface area contributed by atoms with Crippen LogP contribution in [-0.2, 0) is 4.74 Å². The van der Waals surface area contributed by atoms with E-state index in [-0.39, 0.29) is 24.0 Å². The topological polar surface area (TPSA) is 48.9 Å². The Bertz CT molecular complexity index is 574. The van der Waals surface area contributed by atoms with Crippen molar-refractivity contribution in [1.29, 1.82) is 0 Å². The van der Waals surface area contributed by atoms with E-state index in [9.17, 15) is 0 Å². The maximum Gasteiger partial charge on any atom is 0.191 e. The van der Waals surface area contributed by atoms with E-state index < -0.39 is 0 Å². The lowest BCUT2D eigenvalue weighted by atomic mass is 10.2. The first-order chi connectivity index (χ1) is 12.7. The van der Waals surface area contributed by atoms with E-state index >= 15 is 0 Å². The molecule has 152 valence electrons. The van der Waals surface area contributed by atoms with Gasteiger partial charge in [0, 0.05) is 51.1 Å². The number of rotatable bonds is 9. The molecule has 2 fully saturated rings. The Kier molecular flexibility index (Phi) is 9.68. The van der Waals surface area contributed by atoms with Gasteiger partial charge in [0.25, 0.3) is 0 Å². The van der Waals surface area contributed by atoms with E-state index in [1.54, 1.807) is 0 Å².